The van der Waals surface area contributed by atoms with Crippen molar-refractivity contribution in [2.24, 2.45) is 0 Å². The van der Waals surface area contributed by atoms with Crippen molar-refractivity contribution in [2.45, 2.75) is 18.9 Å². The molecule has 2 fully saturated rings. The van der Waals surface area contributed by atoms with E-state index in [1.807, 2.05) is 28.0 Å². The standard InChI is InChI=1S/C26H33FN4O4/c1-34-21-8-9-24(35-2)22(16-21)23-7-4-10-31(23)18-26(33)30-13-11-29(12-14-30)17-25(32)28-20-6-3-5-19(27)15-20/h3,5-6,8-9,15-16,23H,4,7,10-14,17-18H2,1-2H3,(H,28,32)/t23-/m1/s1. The highest BCUT2D eigenvalue weighted by Crippen LogP contribution is 2.38. The summed E-state index contributed by atoms with van der Waals surface area (Å²) in [6.07, 6.45) is 1.98. The van der Waals surface area contributed by atoms with E-state index in [4.69, 9.17) is 9.47 Å². The van der Waals surface area contributed by atoms with E-state index >= 15 is 0 Å². The Morgan fingerprint density at radius 3 is 2.51 bits per heavy atom. The van der Waals surface area contributed by atoms with Gasteiger partial charge in [0.1, 0.15) is 17.3 Å². The Morgan fingerprint density at radius 1 is 1.00 bits per heavy atom. The molecule has 2 aromatic rings. The molecule has 0 bridgehead atoms. The predicted molar refractivity (Wildman–Crippen MR) is 131 cm³/mol. The number of hydrogen-bond acceptors (Lipinski definition) is 6. The molecule has 35 heavy (non-hydrogen) atoms. The number of amides is 2. The van der Waals surface area contributed by atoms with Gasteiger partial charge in [-0.2, -0.15) is 0 Å². The van der Waals surface area contributed by atoms with Crippen LogP contribution in [-0.2, 0) is 9.59 Å². The quantitative estimate of drug-likeness (QED) is 0.621. The number of rotatable bonds is 8. The second-order valence-corrected chi connectivity index (χ2v) is 8.95. The van der Waals surface area contributed by atoms with Gasteiger partial charge in [-0.25, -0.2) is 4.39 Å². The van der Waals surface area contributed by atoms with Gasteiger partial charge in [0.05, 0.1) is 27.3 Å². The van der Waals surface area contributed by atoms with Crippen LogP contribution in [0.1, 0.15) is 24.4 Å². The van der Waals surface area contributed by atoms with Crippen molar-refractivity contribution in [1.29, 1.82) is 0 Å². The van der Waals surface area contributed by atoms with Crippen LogP contribution in [0.15, 0.2) is 42.5 Å². The summed E-state index contributed by atoms with van der Waals surface area (Å²) in [4.78, 5) is 31.5. The lowest BCUT2D eigenvalue weighted by Crippen LogP contribution is -2.52. The van der Waals surface area contributed by atoms with E-state index < -0.39 is 0 Å². The summed E-state index contributed by atoms with van der Waals surface area (Å²) in [5.74, 6) is 1.10. The number of anilines is 1. The molecule has 188 valence electrons. The maximum Gasteiger partial charge on any atom is 0.238 e. The molecule has 0 aromatic heterocycles. The Morgan fingerprint density at radius 2 is 1.80 bits per heavy atom. The molecule has 9 heteroatoms. The number of carbonyl (C=O) groups is 2. The van der Waals surface area contributed by atoms with E-state index in [-0.39, 0.29) is 30.2 Å². The number of halogens is 1. The Kier molecular flexibility index (Phi) is 8.20. The average Bonchev–Trinajstić information content (AvgIpc) is 3.31. The highest BCUT2D eigenvalue weighted by Gasteiger charge is 2.32. The van der Waals surface area contributed by atoms with Crippen LogP contribution in [0.3, 0.4) is 0 Å². The second-order valence-electron chi connectivity index (χ2n) is 8.95. The number of benzene rings is 2. The minimum atomic E-state index is -0.389. The average molecular weight is 485 g/mol. The van der Waals surface area contributed by atoms with Crippen molar-refractivity contribution in [3.8, 4) is 11.5 Å². The van der Waals surface area contributed by atoms with E-state index in [9.17, 15) is 14.0 Å². The molecule has 0 aliphatic carbocycles. The monoisotopic (exact) mass is 484 g/mol. The Hall–Kier alpha value is -3.17. The van der Waals surface area contributed by atoms with Gasteiger partial charge in [0.25, 0.3) is 0 Å². The summed E-state index contributed by atoms with van der Waals surface area (Å²) in [7, 11) is 3.31. The number of likely N-dealkylation sites (tertiary alicyclic amines) is 1. The first-order chi connectivity index (χ1) is 17.0. The van der Waals surface area contributed by atoms with Crippen LogP contribution < -0.4 is 14.8 Å². The molecule has 2 heterocycles. The fourth-order valence-electron chi connectivity index (χ4n) is 4.87. The zero-order valence-electron chi connectivity index (χ0n) is 20.3. The Bertz CT molecular complexity index is 1040. The van der Waals surface area contributed by atoms with Crippen molar-refractivity contribution >= 4 is 17.5 Å². The Labute approximate surface area is 205 Å². The van der Waals surface area contributed by atoms with Crippen LogP contribution in [0.5, 0.6) is 11.5 Å². The minimum absolute atomic E-state index is 0.0997. The minimum Gasteiger partial charge on any atom is -0.497 e. The van der Waals surface area contributed by atoms with Crippen molar-refractivity contribution in [3.05, 3.63) is 53.8 Å². The zero-order chi connectivity index (χ0) is 24.8. The molecule has 2 aliphatic heterocycles. The Balaban J connectivity index is 1.28. The number of piperazine rings is 1. The highest BCUT2D eigenvalue weighted by atomic mass is 19.1. The molecule has 2 aromatic carbocycles. The first-order valence-corrected chi connectivity index (χ1v) is 12.0. The fraction of sp³-hybridized carbons (Fsp3) is 0.462. The SMILES string of the molecule is COc1ccc(OC)c([C@H]2CCCN2CC(=O)N2CCN(CC(=O)Nc3cccc(F)c3)CC2)c1. The molecule has 0 radical (unpaired) electrons. The molecule has 1 atom stereocenters. The zero-order valence-corrected chi connectivity index (χ0v) is 20.3. The molecule has 2 amide bonds. The third-order valence-corrected chi connectivity index (χ3v) is 6.70. The summed E-state index contributed by atoms with van der Waals surface area (Å²) >= 11 is 0. The molecule has 0 unspecified atom stereocenters. The van der Waals surface area contributed by atoms with Gasteiger partial charge in [0.2, 0.25) is 11.8 Å². The van der Waals surface area contributed by atoms with Crippen molar-refractivity contribution in [3.63, 3.8) is 0 Å². The molecular weight excluding hydrogens is 451 g/mol. The number of hydrogen-bond donors (Lipinski definition) is 1. The molecule has 0 spiro atoms. The first kappa shape index (κ1) is 24.9. The van der Waals surface area contributed by atoms with Crippen LogP contribution in [0.25, 0.3) is 0 Å². The summed E-state index contributed by atoms with van der Waals surface area (Å²) in [6, 6.07) is 11.7. The van der Waals surface area contributed by atoms with E-state index in [2.05, 4.69) is 10.2 Å². The van der Waals surface area contributed by atoms with Crippen LogP contribution in [-0.4, -0.2) is 86.5 Å². The smallest absolute Gasteiger partial charge is 0.238 e. The van der Waals surface area contributed by atoms with E-state index in [0.29, 0.717) is 38.4 Å². The molecule has 4 rings (SSSR count). The van der Waals surface area contributed by atoms with Gasteiger partial charge >= 0.3 is 0 Å². The van der Waals surface area contributed by atoms with Crippen molar-refractivity contribution in [2.75, 3.05) is 65.3 Å². The molecule has 2 saturated heterocycles. The van der Waals surface area contributed by atoms with E-state index in [1.165, 1.54) is 12.1 Å². The summed E-state index contributed by atoms with van der Waals surface area (Å²) in [5.41, 5.74) is 1.49. The van der Waals surface area contributed by atoms with Gasteiger partial charge in [-0.3, -0.25) is 19.4 Å². The van der Waals surface area contributed by atoms with Gasteiger partial charge < -0.3 is 19.7 Å². The number of nitrogens with one attached hydrogen (secondary N) is 1. The fourth-order valence-corrected chi connectivity index (χ4v) is 4.87. The van der Waals surface area contributed by atoms with Crippen LogP contribution in [0, 0.1) is 5.82 Å². The van der Waals surface area contributed by atoms with Crippen LogP contribution in [0.2, 0.25) is 0 Å². The largest absolute Gasteiger partial charge is 0.497 e. The lowest BCUT2D eigenvalue weighted by molar-refractivity contribution is -0.134. The summed E-state index contributed by atoms with van der Waals surface area (Å²) in [6.45, 7) is 3.81. The number of methoxy groups -OCH3 is 2. The molecule has 2 aliphatic rings. The van der Waals surface area contributed by atoms with Gasteiger partial charge in [-0.05, 0) is 55.8 Å². The lowest BCUT2D eigenvalue weighted by atomic mass is 10.0. The number of carbonyl (C=O) groups excluding carboxylic acids is 2. The second kappa shape index (κ2) is 11.5. The summed E-state index contributed by atoms with van der Waals surface area (Å²) < 4.78 is 24.3. The topological polar surface area (TPSA) is 74.4 Å². The van der Waals surface area contributed by atoms with E-state index in [0.717, 1.165) is 36.4 Å². The van der Waals surface area contributed by atoms with Crippen molar-refractivity contribution < 1.29 is 23.5 Å². The first-order valence-electron chi connectivity index (χ1n) is 12.0. The number of ether oxygens (including phenoxy) is 2. The van der Waals surface area contributed by atoms with Gasteiger partial charge in [0.15, 0.2) is 0 Å². The predicted octanol–water partition coefficient (Wildman–Crippen LogP) is 2.76. The number of nitrogens with zero attached hydrogens (tertiary/aromatic N) is 3. The molecule has 8 nitrogen and oxygen atoms in total. The third-order valence-electron chi connectivity index (χ3n) is 6.70. The highest BCUT2D eigenvalue weighted by molar-refractivity contribution is 5.92. The normalized spacial score (nSPS) is 18.9. The maximum absolute atomic E-state index is 13.3. The summed E-state index contributed by atoms with van der Waals surface area (Å²) in [5, 5.41) is 2.72. The molecule has 0 saturated carbocycles. The van der Waals surface area contributed by atoms with E-state index in [1.54, 1.807) is 26.4 Å². The van der Waals surface area contributed by atoms with Crippen molar-refractivity contribution in [1.82, 2.24) is 14.7 Å². The van der Waals surface area contributed by atoms with Gasteiger partial charge in [-0.15, -0.1) is 0 Å². The third kappa shape index (κ3) is 6.29. The molecular formula is C26H33FN4O4. The molecule has 1 N–H and O–H groups in total. The van der Waals surface area contributed by atoms with Crippen LogP contribution in [0.4, 0.5) is 10.1 Å². The van der Waals surface area contributed by atoms with Crippen LogP contribution >= 0.6 is 0 Å². The lowest BCUT2D eigenvalue weighted by Gasteiger charge is -2.36. The maximum atomic E-state index is 13.3. The van der Waals surface area contributed by atoms with Gasteiger partial charge in [-0.1, -0.05) is 6.07 Å². The van der Waals surface area contributed by atoms with Gasteiger partial charge in [0, 0.05) is 43.5 Å².